The number of fused-ring (bicyclic) bond motifs is 1. The van der Waals surface area contributed by atoms with Gasteiger partial charge in [0, 0.05) is 10.9 Å². The number of carbonyl (C=O) groups excluding carboxylic acids is 4. The normalized spacial score (nSPS) is 13.6. The van der Waals surface area contributed by atoms with Gasteiger partial charge in [0.2, 0.25) is 0 Å². The molecular weight excluding hydrogens is 418 g/mol. The molecule has 1 aliphatic rings. The molecule has 4 rings (SSSR count). The fraction of sp³-hybridized carbons (Fsp3) is 0.136. The number of ether oxygens (including phenoxy) is 1. The Hall–Kier alpha value is -3.85. The van der Waals surface area contributed by atoms with Crippen LogP contribution >= 0.6 is 11.3 Å². The van der Waals surface area contributed by atoms with Crippen LogP contribution < -0.4 is 5.32 Å². The Morgan fingerprint density at radius 1 is 1.03 bits per heavy atom. The molecule has 1 N–H and O–H groups in total. The van der Waals surface area contributed by atoms with Gasteiger partial charge in [-0.1, -0.05) is 42.5 Å². The van der Waals surface area contributed by atoms with Crippen molar-refractivity contribution in [2.75, 3.05) is 11.9 Å². The van der Waals surface area contributed by atoms with Crippen molar-refractivity contribution >= 4 is 40.2 Å². The molecule has 1 aliphatic heterocycles. The minimum atomic E-state index is -1.13. The molecule has 1 unspecified atom stereocenters. The number of hydrogen-bond acceptors (Lipinski definition) is 7. The number of carbonyl (C=O) groups is 4. The second-order valence-corrected chi connectivity index (χ2v) is 7.63. The smallest absolute Gasteiger partial charge is 0.326 e. The van der Waals surface area contributed by atoms with Crippen LogP contribution in [0.4, 0.5) is 5.13 Å². The van der Waals surface area contributed by atoms with E-state index in [1.165, 1.54) is 30.4 Å². The number of esters is 1. The van der Waals surface area contributed by atoms with Gasteiger partial charge >= 0.3 is 5.97 Å². The molecule has 0 saturated heterocycles. The molecule has 2 aromatic carbocycles. The SMILES string of the molecule is CC(OC(=O)CN1C(=O)c2ccccc2C1=O)C(=O)Nc1nc(-c2ccccc2)cs1. The number of rotatable bonds is 6. The lowest BCUT2D eigenvalue weighted by atomic mass is 10.1. The van der Waals surface area contributed by atoms with Crippen molar-refractivity contribution in [3.63, 3.8) is 0 Å². The van der Waals surface area contributed by atoms with Gasteiger partial charge in [0.1, 0.15) is 6.54 Å². The van der Waals surface area contributed by atoms with E-state index in [0.717, 1.165) is 16.2 Å². The van der Waals surface area contributed by atoms with Gasteiger partial charge in [0.05, 0.1) is 16.8 Å². The predicted molar refractivity (Wildman–Crippen MR) is 114 cm³/mol. The molecule has 3 amide bonds. The summed E-state index contributed by atoms with van der Waals surface area (Å²) in [5.41, 5.74) is 2.11. The lowest BCUT2D eigenvalue weighted by molar-refractivity contribution is -0.153. The maximum absolute atomic E-state index is 12.4. The van der Waals surface area contributed by atoms with Crippen LogP contribution in [0.3, 0.4) is 0 Å². The number of aromatic nitrogens is 1. The minimum Gasteiger partial charge on any atom is -0.451 e. The first-order valence-electron chi connectivity index (χ1n) is 9.40. The van der Waals surface area contributed by atoms with Gasteiger partial charge < -0.3 is 4.74 Å². The van der Waals surface area contributed by atoms with Gasteiger partial charge in [0.25, 0.3) is 17.7 Å². The van der Waals surface area contributed by atoms with E-state index in [0.29, 0.717) is 5.13 Å². The van der Waals surface area contributed by atoms with E-state index in [4.69, 9.17) is 4.74 Å². The van der Waals surface area contributed by atoms with E-state index in [-0.39, 0.29) is 11.1 Å². The van der Waals surface area contributed by atoms with Crippen molar-refractivity contribution in [2.24, 2.45) is 0 Å². The first kappa shape index (κ1) is 20.4. The summed E-state index contributed by atoms with van der Waals surface area (Å²) in [6, 6.07) is 15.8. The molecule has 0 spiro atoms. The summed E-state index contributed by atoms with van der Waals surface area (Å²) >= 11 is 1.25. The van der Waals surface area contributed by atoms with Crippen LogP contribution in [0.2, 0.25) is 0 Å². The second kappa shape index (κ2) is 8.49. The van der Waals surface area contributed by atoms with Crippen LogP contribution in [0.5, 0.6) is 0 Å². The Morgan fingerprint density at radius 3 is 2.29 bits per heavy atom. The van der Waals surface area contributed by atoms with Crippen LogP contribution in [-0.4, -0.2) is 46.2 Å². The van der Waals surface area contributed by atoms with Crippen molar-refractivity contribution in [2.45, 2.75) is 13.0 Å². The number of thiazole rings is 1. The highest BCUT2D eigenvalue weighted by atomic mass is 32.1. The van der Waals surface area contributed by atoms with E-state index in [2.05, 4.69) is 10.3 Å². The summed E-state index contributed by atoms with van der Waals surface area (Å²) in [6.07, 6.45) is -1.13. The zero-order valence-electron chi connectivity index (χ0n) is 16.4. The summed E-state index contributed by atoms with van der Waals surface area (Å²) in [5, 5.41) is 4.78. The molecule has 1 atom stereocenters. The summed E-state index contributed by atoms with van der Waals surface area (Å²) in [7, 11) is 0. The number of hydrogen-bond donors (Lipinski definition) is 1. The number of amides is 3. The Balaban J connectivity index is 1.33. The summed E-state index contributed by atoms with van der Waals surface area (Å²) < 4.78 is 5.11. The Labute approximate surface area is 181 Å². The molecule has 2 heterocycles. The van der Waals surface area contributed by atoms with Gasteiger partial charge in [-0.15, -0.1) is 11.3 Å². The van der Waals surface area contributed by atoms with Gasteiger partial charge in [-0.25, -0.2) is 4.98 Å². The number of benzene rings is 2. The molecule has 31 heavy (non-hydrogen) atoms. The van der Waals surface area contributed by atoms with Gasteiger partial charge in [0.15, 0.2) is 11.2 Å². The van der Waals surface area contributed by atoms with Crippen molar-refractivity contribution < 1.29 is 23.9 Å². The Bertz CT molecular complexity index is 1140. The average Bonchev–Trinajstić information content (AvgIpc) is 3.33. The standard InChI is InChI=1S/C22H17N3O5S/c1-13(19(27)24-22-23-17(12-31-22)14-7-3-2-4-8-14)30-18(26)11-25-20(28)15-9-5-6-10-16(15)21(25)29/h2-10,12-13H,11H2,1H3,(H,23,24,27). The fourth-order valence-electron chi connectivity index (χ4n) is 3.08. The lowest BCUT2D eigenvalue weighted by Gasteiger charge is -2.16. The molecular formula is C22H17N3O5S. The quantitative estimate of drug-likeness (QED) is 0.471. The van der Waals surface area contributed by atoms with Crippen LogP contribution in [0.15, 0.2) is 60.0 Å². The van der Waals surface area contributed by atoms with Crippen molar-refractivity contribution in [3.05, 3.63) is 71.1 Å². The molecule has 0 radical (unpaired) electrons. The van der Waals surface area contributed by atoms with E-state index in [9.17, 15) is 19.2 Å². The highest BCUT2D eigenvalue weighted by Crippen LogP contribution is 2.25. The van der Waals surface area contributed by atoms with Crippen molar-refractivity contribution in [1.29, 1.82) is 0 Å². The molecule has 1 aromatic heterocycles. The molecule has 0 saturated carbocycles. The topological polar surface area (TPSA) is 106 Å². The van der Waals surface area contributed by atoms with Gasteiger partial charge in [-0.2, -0.15) is 0 Å². The predicted octanol–water partition coefficient (Wildman–Crippen LogP) is 2.98. The molecule has 0 fully saturated rings. The van der Waals surface area contributed by atoms with E-state index in [1.54, 1.807) is 12.1 Å². The maximum atomic E-state index is 12.4. The van der Waals surface area contributed by atoms with Crippen LogP contribution in [0.1, 0.15) is 27.6 Å². The number of nitrogens with one attached hydrogen (secondary N) is 1. The molecule has 8 nitrogen and oxygen atoms in total. The average molecular weight is 435 g/mol. The monoisotopic (exact) mass is 435 g/mol. The highest BCUT2D eigenvalue weighted by molar-refractivity contribution is 7.14. The first-order valence-corrected chi connectivity index (χ1v) is 10.3. The molecule has 3 aromatic rings. The zero-order chi connectivity index (χ0) is 22.0. The third-order valence-corrected chi connectivity index (χ3v) is 5.40. The van der Waals surface area contributed by atoms with Gasteiger partial charge in [-0.05, 0) is 19.1 Å². The van der Waals surface area contributed by atoms with Crippen LogP contribution in [-0.2, 0) is 14.3 Å². The third kappa shape index (κ3) is 4.22. The highest BCUT2D eigenvalue weighted by Gasteiger charge is 2.37. The zero-order valence-corrected chi connectivity index (χ0v) is 17.2. The van der Waals surface area contributed by atoms with E-state index < -0.39 is 36.3 Å². The van der Waals surface area contributed by atoms with E-state index >= 15 is 0 Å². The molecule has 0 bridgehead atoms. The minimum absolute atomic E-state index is 0.240. The fourth-order valence-corrected chi connectivity index (χ4v) is 3.80. The van der Waals surface area contributed by atoms with Crippen molar-refractivity contribution in [3.8, 4) is 11.3 Å². The van der Waals surface area contributed by atoms with Gasteiger partial charge in [-0.3, -0.25) is 29.4 Å². The number of imide groups is 1. The Morgan fingerprint density at radius 2 is 1.65 bits per heavy atom. The van der Waals surface area contributed by atoms with Crippen LogP contribution in [0, 0.1) is 0 Å². The van der Waals surface area contributed by atoms with Crippen molar-refractivity contribution in [1.82, 2.24) is 9.88 Å². The lowest BCUT2D eigenvalue weighted by Crippen LogP contribution is -2.38. The van der Waals surface area contributed by atoms with Crippen LogP contribution in [0.25, 0.3) is 11.3 Å². The molecule has 0 aliphatic carbocycles. The molecule has 9 heteroatoms. The summed E-state index contributed by atoms with van der Waals surface area (Å²) in [6.45, 7) is 0.834. The second-order valence-electron chi connectivity index (χ2n) is 6.77. The molecule has 156 valence electrons. The summed E-state index contributed by atoms with van der Waals surface area (Å²) in [4.78, 5) is 54.4. The maximum Gasteiger partial charge on any atom is 0.326 e. The largest absolute Gasteiger partial charge is 0.451 e. The first-order chi connectivity index (χ1) is 14.9. The van der Waals surface area contributed by atoms with E-state index in [1.807, 2.05) is 35.7 Å². The number of nitrogens with zero attached hydrogens (tertiary/aromatic N) is 2. The Kier molecular flexibility index (Phi) is 5.59. The number of anilines is 1. The summed E-state index contributed by atoms with van der Waals surface area (Å²) in [5.74, 6) is -2.55. The third-order valence-electron chi connectivity index (χ3n) is 4.65.